The first-order valence-electron chi connectivity index (χ1n) is 10.7. The molecule has 0 saturated carbocycles. The number of aromatic nitrogens is 5. The predicted octanol–water partition coefficient (Wildman–Crippen LogP) is 3.07. The van der Waals surface area contributed by atoms with Gasteiger partial charge in [0.1, 0.15) is 5.76 Å². The van der Waals surface area contributed by atoms with Gasteiger partial charge in [0, 0.05) is 44.3 Å². The number of carbonyl (C=O) groups excluding carboxylic acids is 1. The van der Waals surface area contributed by atoms with Crippen molar-refractivity contribution >= 4 is 23.6 Å². The van der Waals surface area contributed by atoms with Crippen LogP contribution in [0.5, 0.6) is 0 Å². The Bertz CT molecular complexity index is 1220. The molecule has 0 atom stereocenters. The first-order valence-corrected chi connectivity index (χ1v) is 11.7. The molecule has 0 spiro atoms. The monoisotopic (exact) mass is 461 g/mol. The summed E-state index contributed by atoms with van der Waals surface area (Å²) in [6.45, 7) is 4.61. The Morgan fingerprint density at radius 1 is 1.00 bits per heavy atom. The van der Waals surface area contributed by atoms with Gasteiger partial charge in [-0.1, -0.05) is 30.0 Å². The molecular formula is C23H23N7O2S. The van der Waals surface area contributed by atoms with Gasteiger partial charge in [-0.25, -0.2) is 9.97 Å². The summed E-state index contributed by atoms with van der Waals surface area (Å²) in [6, 6.07) is 13.6. The van der Waals surface area contributed by atoms with Crippen LogP contribution in [0.1, 0.15) is 5.76 Å². The van der Waals surface area contributed by atoms with Gasteiger partial charge in [-0.3, -0.25) is 9.36 Å². The van der Waals surface area contributed by atoms with Crippen LogP contribution in [0.2, 0.25) is 0 Å². The number of carbonyl (C=O) groups is 1. The van der Waals surface area contributed by atoms with E-state index in [0.29, 0.717) is 43.1 Å². The fourth-order valence-electron chi connectivity index (χ4n) is 3.79. The van der Waals surface area contributed by atoms with Gasteiger partial charge in [-0.15, -0.1) is 10.2 Å². The zero-order valence-electron chi connectivity index (χ0n) is 18.2. The topological polar surface area (TPSA) is 93.2 Å². The van der Waals surface area contributed by atoms with E-state index in [4.69, 9.17) is 4.42 Å². The summed E-state index contributed by atoms with van der Waals surface area (Å²) < 4.78 is 7.45. The van der Waals surface area contributed by atoms with E-state index in [1.807, 2.05) is 52.8 Å². The third kappa shape index (κ3) is 4.47. The molecule has 1 aliphatic heterocycles. The second-order valence-corrected chi connectivity index (χ2v) is 8.52. The largest absolute Gasteiger partial charge is 0.469 e. The normalized spacial score (nSPS) is 14.0. The van der Waals surface area contributed by atoms with Crippen LogP contribution in [0.25, 0.3) is 17.1 Å². The van der Waals surface area contributed by atoms with E-state index in [9.17, 15) is 4.79 Å². The van der Waals surface area contributed by atoms with E-state index in [1.54, 1.807) is 24.7 Å². The minimum absolute atomic E-state index is 0.0808. The molecule has 4 heterocycles. The van der Waals surface area contributed by atoms with Gasteiger partial charge in [-0.05, 0) is 31.2 Å². The number of hydrogen-bond donors (Lipinski definition) is 0. The number of nitrogens with zero attached hydrogens (tertiary/aromatic N) is 7. The molecule has 1 fully saturated rings. The average Bonchev–Trinajstić information content (AvgIpc) is 3.49. The highest BCUT2D eigenvalue weighted by Crippen LogP contribution is 2.30. The van der Waals surface area contributed by atoms with Crippen LogP contribution in [0.3, 0.4) is 0 Å². The maximum Gasteiger partial charge on any atom is 0.233 e. The third-order valence-electron chi connectivity index (χ3n) is 5.54. The highest BCUT2D eigenvalue weighted by atomic mass is 32.2. The summed E-state index contributed by atoms with van der Waals surface area (Å²) in [4.78, 5) is 25.5. The van der Waals surface area contributed by atoms with Crippen LogP contribution in [0.4, 0.5) is 5.95 Å². The van der Waals surface area contributed by atoms with E-state index < -0.39 is 0 Å². The Morgan fingerprint density at radius 2 is 1.76 bits per heavy atom. The number of aryl methyl sites for hydroxylation is 1. The molecule has 1 amide bonds. The average molecular weight is 462 g/mol. The van der Waals surface area contributed by atoms with Crippen molar-refractivity contribution in [3.8, 4) is 17.1 Å². The van der Waals surface area contributed by atoms with E-state index in [1.165, 1.54) is 11.8 Å². The summed E-state index contributed by atoms with van der Waals surface area (Å²) in [7, 11) is 0. The zero-order chi connectivity index (χ0) is 22.6. The summed E-state index contributed by atoms with van der Waals surface area (Å²) in [5.41, 5.74) is 1.81. The Hall–Kier alpha value is -3.66. The molecular weight excluding hydrogens is 438 g/mol. The number of piperazine rings is 1. The fraction of sp³-hybridized carbons (Fsp3) is 0.261. The fourth-order valence-corrected chi connectivity index (χ4v) is 4.65. The molecule has 1 aliphatic rings. The lowest BCUT2D eigenvalue weighted by Gasteiger charge is -2.34. The predicted molar refractivity (Wildman–Crippen MR) is 125 cm³/mol. The molecule has 0 bridgehead atoms. The maximum absolute atomic E-state index is 12.9. The van der Waals surface area contributed by atoms with Crippen molar-refractivity contribution in [2.75, 3.05) is 36.8 Å². The van der Waals surface area contributed by atoms with Crippen molar-refractivity contribution in [3.63, 3.8) is 0 Å². The lowest BCUT2D eigenvalue weighted by Crippen LogP contribution is -2.49. The molecule has 9 nitrogen and oxygen atoms in total. The quantitative estimate of drug-likeness (QED) is 0.405. The van der Waals surface area contributed by atoms with Crippen molar-refractivity contribution in [3.05, 3.63) is 66.9 Å². The SMILES string of the molecule is Cc1occc1-c1nnc(SCC(=O)N2CCN(c3ncccn3)CC2)n1-c1ccccc1. The molecule has 168 valence electrons. The summed E-state index contributed by atoms with van der Waals surface area (Å²) >= 11 is 1.39. The standard InChI is InChI=1S/C23H23N7O2S/c1-17-19(8-15-32-17)21-26-27-23(30(21)18-6-3-2-4-7-18)33-16-20(31)28-11-13-29(14-12-28)22-24-9-5-10-25-22/h2-10,15H,11-14,16H2,1H3. The third-order valence-corrected chi connectivity index (χ3v) is 6.45. The van der Waals surface area contributed by atoms with Crippen molar-refractivity contribution in [2.45, 2.75) is 12.1 Å². The number of para-hydroxylation sites is 1. The van der Waals surface area contributed by atoms with Gasteiger partial charge in [-0.2, -0.15) is 0 Å². The molecule has 0 unspecified atom stereocenters. The molecule has 3 aromatic heterocycles. The molecule has 1 aromatic carbocycles. The number of rotatable bonds is 6. The van der Waals surface area contributed by atoms with Crippen LogP contribution in [0, 0.1) is 6.92 Å². The Labute approximate surface area is 195 Å². The van der Waals surface area contributed by atoms with Crippen molar-refractivity contribution in [1.29, 1.82) is 0 Å². The van der Waals surface area contributed by atoms with Gasteiger partial charge in [0.15, 0.2) is 11.0 Å². The second kappa shape index (κ2) is 9.45. The van der Waals surface area contributed by atoms with Crippen LogP contribution >= 0.6 is 11.8 Å². The number of hydrogen-bond acceptors (Lipinski definition) is 8. The molecule has 33 heavy (non-hydrogen) atoms. The maximum atomic E-state index is 12.9. The van der Waals surface area contributed by atoms with E-state index in [-0.39, 0.29) is 11.7 Å². The summed E-state index contributed by atoms with van der Waals surface area (Å²) in [5.74, 6) is 2.54. The van der Waals surface area contributed by atoms with Gasteiger partial charge in [0.25, 0.3) is 0 Å². The highest BCUT2D eigenvalue weighted by Gasteiger charge is 2.24. The molecule has 1 saturated heterocycles. The van der Waals surface area contributed by atoms with Crippen LogP contribution < -0.4 is 4.90 Å². The molecule has 10 heteroatoms. The van der Waals surface area contributed by atoms with Crippen LogP contribution in [0.15, 0.2) is 70.7 Å². The summed E-state index contributed by atoms with van der Waals surface area (Å²) in [5, 5.41) is 9.48. The first-order chi connectivity index (χ1) is 16.2. The molecule has 4 aromatic rings. The lowest BCUT2D eigenvalue weighted by atomic mass is 10.2. The van der Waals surface area contributed by atoms with E-state index >= 15 is 0 Å². The molecule has 0 N–H and O–H groups in total. The van der Waals surface area contributed by atoms with E-state index in [2.05, 4.69) is 25.1 Å². The first kappa shape index (κ1) is 21.2. The minimum atomic E-state index is 0.0808. The van der Waals surface area contributed by atoms with Crippen LogP contribution in [-0.2, 0) is 4.79 Å². The Kier molecular flexibility index (Phi) is 6.07. The van der Waals surface area contributed by atoms with Gasteiger partial charge >= 0.3 is 0 Å². The molecule has 5 rings (SSSR count). The Balaban J connectivity index is 1.29. The smallest absolute Gasteiger partial charge is 0.233 e. The minimum Gasteiger partial charge on any atom is -0.469 e. The van der Waals surface area contributed by atoms with Crippen molar-refractivity contribution < 1.29 is 9.21 Å². The second-order valence-electron chi connectivity index (χ2n) is 7.57. The van der Waals surface area contributed by atoms with Crippen molar-refractivity contribution in [1.82, 2.24) is 29.6 Å². The van der Waals surface area contributed by atoms with Gasteiger partial charge in [0.05, 0.1) is 17.6 Å². The Morgan fingerprint density at radius 3 is 2.45 bits per heavy atom. The number of anilines is 1. The van der Waals surface area contributed by atoms with Crippen molar-refractivity contribution in [2.24, 2.45) is 0 Å². The zero-order valence-corrected chi connectivity index (χ0v) is 19.0. The summed E-state index contributed by atoms with van der Waals surface area (Å²) in [6.07, 6.45) is 5.11. The lowest BCUT2D eigenvalue weighted by molar-refractivity contribution is -0.128. The van der Waals surface area contributed by atoms with Crippen LogP contribution in [-0.4, -0.2) is 67.5 Å². The molecule has 0 radical (unpaired) electrons. The number of benzene rings is 1. The van der Waals surface area contributed by atoms with E-state index in [0.717, 1.165) is 17.0 Å². The number of furan rings is 1. The number of amides is 1. The number of thioether (sulfide) groups is 1. The molecule has 0 aliphatic carbocycles. The highest BCUT2D eigenvalue weighted by molar-refractivity contribution is 7.99. The van der Waals surface area contributed by atoms with Gasteiger partial charge in [0.2, 0.25) is 11.9 Å². The van der Waals surface area contributed by atoms with Gasteiger partial charge < -0.3 is 14.2 Å².